The first-order chi connectivity index (χ1) is 12.6. The summed E-state index contributed by atoms with van der Waals surface area (Å²) in [6, 6.07) is 14.8. The number of amides is 2. The molecule has 3 rings (SSSR count). The zero-order valence-corrected chi connectivity index (χ0v) is 15.3. The van der Waals surface area contributed by atoms with Crippen LogP contribution in [-0.4, -0.2) is 32.0 Å². The lowest BCUT2D eigenvalue weighted by molar-refractivity contribution is -0.126. The summed E-state index contributed by atoms with van der Waals surface area (Å²) in [5.74, 6) is 0.279. The summed E-state index contributed by atoms with van der Waals surface area (Å²) in [6.07, 6.45) is 0.935. The molecule has 0 saturated carbocycles. The molecule has 2 amide bonds. The van der Waals surface area contributed by atoms with Crippen LogP contribution in [0.2, 0.25) is 5.02 Å². The number of anilines is 1. The van der Waals surface area contributed by atoms with Gasteiger partial charge in [0.1, 0.15) is 5.75 Å². The van der Waals surface area contributed by atoms with Crippen molar-refractivity contribution < 1.29 is 14.3 Å². The number of halogens is 1. The Balaban J connectivity index is 1.53. The predicted molar refractivity (Wildman–Crippen MR) is 102 cm³/mol. The van der Waals surface area contributed by atoms with E-state index in [9.17, 15) is 9.59 Å². The fourth-order valence-corrected chi connectivity index (χ4v) is 3.27. The molecule has 5 nitrogen and oxygen atoms in total. The van der Waals surface area contributed by atoms with Crippen LogP contribution in [0.5, 0.6) is 5.75 Å². The highest BCUT2D eigenvalue weighted by atomic mass is 35.5. The molecule has 0 spiro atoms. The van der Waals surface area contributed by atoms with Crippen molar-refractivity contribution in [2.24, 2.45) is 5.92 Å². The first-order valence-corrected chi connectivity index (χ1v) is 8.91. The van der Waals surface area contributed by atoms with Gasteiger partial charge in [0.25, 0.3) is 0 Å². The van der Waals surface area contributed by atoms with Crippen molar-refractivity contribution >= 4 is 29.1 Å². The molecule has 2 aromatic rings. The fraction of sp³-hybridized carbons (Fsp3) is 0.300. The third-order valence-electron chi connectivity index (χ3n) is 4.48. The minimum atomic E-state index is -0.330. The van der Waals surface area contributed by atoms with Crippen molar-refractivity contribution in [2.45, 2.75) is 12.8 Å². The molecule has 1 atom stereocenters. The Bertz CT molecular complexity index is 792. The van der Waals surface area contributed by atoms with Crippen LogP contribution in [0.4, 0.5) is 5.69 Å². The van der Waals surface area contributed by atoms with E-state index in [-0.39, 0.29) is 24.2 Å². The van der Waals surface area contributed by atoms with Crippen LogP contribution >= 0.6 is 11.6 Å². The molecule has 1 aliphatic rings. The SMILES string of the molecule is COc1ccc(N2CC(C(=O)NCCc3cccc(Cl)c3)CC2=O)cc1. The molecule has 1 saturated heterocycles. The lowest BCUT2D eigenvalue weighted by Gasteiger charge is -2.17. The van der Waals surface area contributed by atoms with E-state index in [1.165, 1.54) is 0 Å². The van der Waals surface area contributed by atoms with Crippen LogP contribution < -0.4 is 15.0 Å². The second-order valence-corrected chi connectivity index (χ2v) is 6.71. The van der Waals surface area contributed by atoms with Crippen LogP contribution in [0.3, 0.4) is 0 Å². The average Bonchev–Trinajstić information content (AvgIpc) is 3.04. The number of carbonyl (C=O) groups excluding carboxylic acids is 2. The Labute approximate surface area is 157 Å². The second-order valence-electron chi connectivity index (χ2n) is 6.27. The van der Waals surface area contributed by atoms with Crippen molar-refractivity contribution in [3.8, 4) is 5.75 Å². The third-order valence-corrected chi connectivity index (χ3v) is 4.72. The minimum absolute atomic E-state index is 0.0369. The van der Waals surface area contributed by atoms with E-state index in [1.807, 2.05) is 36.4 Å². The van der Waals surface area contributed by atoms with Crippen LogP contribution in [0, 0.1) is 5.92 Å². The van der Waals surface area contributed by atoms with Gasteiger partial charge < -0.3 is 15.0 Å². The number of carbonyl (C=O) groups is 2. The standard InChI is InChI=1S/C20H21ClN2O3/c1-26-18-7-5-17(6-8-18)23-13-15(12-19(23)24)20(25)22-10-9-14-3-2-4-16(21)11-14/h2-8,11,15H,9-10,12-13H2,1H3,(H,22,25). The largest absolute Gasteiger partial charge is 0.497 e. The molecule has 1 fully saturated rings. The highest BCUT2D eigenvalue weighted by Gasteiger charge is 2.34. The van der Waals surface area contributed by atoms with E-state index in [2.05, 4.69) is 5.32 Å². The molecule has 0 radical (unpaired) electrons. The molecule has 1 unspecified atom stereocenters. The molecule has 1 N–H and O–H groups in total. The van der Waals surface area contributed by atoms with Crippen molar-refractivity contribution in [1.29, 1.82) is 0 Å². The number of nitrogens with one attached hydrogen (secondary N) is 1. The second kappa shape index (κ2) is 8.23. The van der Waals surface area contributed by atoms with E-state index in [4.69, 9.17) is 16.3 Å². The van der Waals surface area contributed by atoms with Gasteiger partial charge in [-0.3, -0.25) is 9.59 Å². The highest BCUT2D eigenvalue weighted by Crippen LogP contribution is 2.26. The lowest BCUT2D eigenvalue weighted by atomic mass is 10.1. The molecule has 0 bridgehead atoms. The summed E-state index contributed by atoms with van der Waals surface area (Å²) < 4.78 is 5.13. The van der Waals surface area contributed by atoms with Gasteiger partial charge in [-0.2, -0.15) is 0 Å². The van der Waals surface area contributed by atoms with Gasteiger partial charge in [-0.25, -0.2) is 0 Å². The Morgan fingerprint density at radius 1 is 1.27 bits per heavy atom. The number of nitrogens with zero attached hydrogens (tertiary/aromatic N) is 1. The Morgan fingerprint density at radius 3 is 2.73 bits per heavy atom. The normalized spacial score (nSPS) is 16.6. The van der Waals surface area contributed by atoms with E-state index in [1.54, 1.807) is 24.1 Å². The zero-order valence-electron chi connectivity index (χ0n) is 14.6. The molecule has 0 aromatic heterocycles. The Morgan fingerprint density at radius 2 is 2.04 bits per heavy atom. The Hall–Kier alpha value is -2.53. The van der Waals surface area contributed by atoms with Crippen LogP contribution in [-0.2, 0) is 16.0 Å². The first-order valence-electron chi connectivity index (χ1n) is 8.53. The molecule has 2 aromatic carbocycles. The van der Waals surface area contributed by atoms with Crippen LogP contribution in [0.1, 0.15) is 12.0 Å². The Kier molecular flexibility index (Phi) is 5.78. The molecule has 1 heterocycles. The molecule has 26 heavy (non-hydrogen) atoms. The van der Waals surface area contributed by atoms with E-state index < -0.39 is 0 Å². The number of ether oxygens (including phenoxy) is 1. The van der Waals surface area contributed by atoms with Gasteiger partial charge in [0.2, 0.25) is 11.8 Å². The monoisotopic (exact) mass is 372 g/mol. The first kappa shape index (κ1) is 18.3. The number of methoxy groups -OCH3 is 1. The maximum absolute atomic E-state index is 12.4. The van der Waals surface area contributed by atoms with Gasteiger partial charge in [0.05, 0.1) is 13.0 Å². The van der Waals surface area contributed by atoms with Gasteiger partial charge in [0.15, 0.2) is 0 Å². The van der Waals surface area contributed by atoms with Crippen LogP contribution in [0.15, 0.2) is 48.5 Å². The van der Waals surface area contributed by atoms with Gasteiger partial charge in [-0.05, 0) is 48.4 Å². The summed E-state index contributed by atoms with van der Waals surface area (Å²) in [7, 11) is 1.60. The number of benzene rings is 2. The van der Waals surface area contributed by atoms with Crippen LogP contribution in [0.25, 0.3) is 0 Å². The van der Waals surface area contributed by atoms with E-state index in [0.717, 1.165) is 17.0 Å². The predicted octanol–water partition coefficient (Wildman–Crippen LogP) is 3.06. The molecule has 0 aliphatic carbocycles. The lowest BCUT2D eigenvalue weighted by Crippen LogP contribution is -2.34. The van der Waals surface area contributed by atoms with Gasteiger partial charge in [-0.1, -0.05) is 23.7 Å². The summed E-state index contributed by atoms with van der Waals surface area (Å²) in [5.41, 5.74) is 1.85. The maximum Gasteiger partial charge on any atom is 0.227 e. The maximum atomic E-state index is 12.4. The average molecular weight is 373 g/mol. The molecular weight excluding hydrogens is 352 g/mol. The summed E-state index contributed by atoms with van der Waals surface area (Å²) in [4.78, 5) is 26.3. The zero-order chi connectivity index (χ0) is 18.5. The summed E-state index contributed by atoms with van der Waals surface area (Å²) in [6.45, 7) is 0.917. The summed E-state index contributed by atoms with van der Waals surface area (Å²) >= 11 is 5.96. The quantitative estimate of drug-likeness (QED) is 0.847. The molecule has 136 valence electrons. The van der Waals surface area contributed by atoms with Crippen molar-refractivity contribution in [3.63, 3.8) is 0 Å². The topological polar surface area (TPSA) is 58.6 Å². The molecular formula is C20H21ClN2O3. The highest BCUT2D eigenvalue weighted by molar-refractivity contribution is 6.30. The number of rotatable bonds is 6. The van der Waals surface area contributed by atoms with Crippen molar-refractivity contribution in [3.05, 3.63) is 59.1 Å². The van der Waals surface area contributed by atoms with Gasteiger partial charge in [0, 0.05) is 30.2 Å². The third kappa shape index (κ3) is 4.35. The van der Waals surface area contributed by atoms with Gasteiger partial charge in [-0.15, -0.1) is 0 Å². The summed E-state index contributed by atoms with van der Waals surface area (Å²) in [5, 5.41) is 3.61. The molecule has 6 heteroatoms. The molecule has 1 aliphatic heterocycles. The van der Waals surface area contributed by atoms with Crippen molar-refractivity contribution in [2.75, 3.05) is 25.1 Å². The fourth-order valence-electron chi connectivity index (χ4n) is 3.06. The number of hydrogen-bond acceptors (Lipinski definition) is 3. The van der Waals surface area contributed by atoms with Crippen molar-refractivity contribution in [1.82, 2.24) is 5.32 Å². The minimum Gasteiger partial charge on any atom is -0.497 e. The van der Waals surface area contributed by atoms with E-state index >= 15 is 0 Å². The van der Waals surface area contributed by atoms with Gasteiger partial charge >= 0.3 is 0 Å². The smallest absolute Gasteiger partial charge is 0.227 e. The number of hydrogen-bond donors (Lipinski definition) is 1. The van der Waals surface area contributed by atoms with E-state index in [0.29, 0.717) is 24.5 Å².